The normalized spacial score (nSPS) is 24.1. The number of rotatable bonds is 14. The van der Waals surface area contributed by atoms with Crippen LogP contribution in [-0.2, 0) is 37.5 Å². The van der Waals surface area contributed by atoms with Gasteiger partial charge in [-0.2, -0.15) is 0 Å². The smallest absolute Gasteiger partial charge is 0.410 e. The molecule has 5 atom stereocenters. The number of carbonyl (C=O) groups is 5. The van der Waals surface area contributed by atoms with Crippen LogP contribution in [0.3, 0.4) is 0 Å². The van der Waals surface area contributed by atoms with E-state index in [4.69, 9.17) is 18.3 Å². The molecule has 3 amide bonds. The third kappa shape index (κ3) is 9.04. The number of likely N-dealkylation sites (tertiary alicyclic amines) is 2. The first kappa shape index (κ1) is 39.6. The van der Waals surface area contributed by atoms with Gasteiger partial charge in [0.15, 0.2) is 18.1 Å². The van der Waals surface area contributed by atoms with Gasteiger partial charge in [0.05, 0.1) is 24.1 Å². The van der Waals surface area contributed by atoms with Crippen LogP contribution in [0.4, 0.5) is 4.79 Å². The van der Waals surface area contributed by atoms with Crippen molar-refractivity contribution in [1.82, 2.24) is 9.80 Å². The number of carbonyl (C=O) groups excluding carboxylic acids is 5. The summed E-state index contributed by atoms with van der Waals surface area (Å²) in [7, 11) is -2.96. The van der Waals surface area contributed by atoms with Crippen molar-refractivity contribution in [2.75, 3.05) is 33.0 Å². The van der Waals surface area contributed by atoms with E-state index < -0.39 is 76.2 Å². The lowest BCUT2D eigenvalue weighted by Gasteiger charge is -2.51. The highest BCUT2D eigenvalue weighted by molar-refractivity contribution is 6.48. The summed E-state index contributed by atoms with van der Waals surface area (Å²) in [6, 6.07) is -0.865. The van der Waals surface area contributed by atoms with Gasteiger partial charge in [0.2, 0.25) is 5.91 Å². The molecule has 2 aliphatic rings. The van der Waals surface area contributed by atoms with E-state index in [-0.39, 0.29) is 44.5 Å². The highest BCUT2D eigenvalue weighted by Gasteiger charge is 2.60. The van der Waals surface area contributed by atoms with E-state index in [1.807, 2.05) is 67.7 Å². The summed E-state index contributed by atoms with van der Waals surface area (Å²) in [5.41, 5.74) is -1.73. The Kier molecular flexibility index (Phi) is 13.7. The van der Waals surface area contributed by atoms with Gasteiger partial charge in [-0.1, -0.05) is 66.9 Å². The molecule has 2 saturated heterocycles. The Morgan fingerprint density at radius 1 is 0.957 bits per heavy atom. The van der Waals surface area contributed by atoms with Crippen LogP contribution in [0.15, 0.2) is 25.3 Å². The predicted molar refractivity (Wildman–Crippen MR) is 181 cm³/mol. The third-order valence-electron chi connectivity index (χ3n) is 9.12. The summed E-state index contributed by atoms with van der Waals surface area (Å²) in [6.45, 7) is 27.8. The maximum atomic E-state index is 14.3. The Balaban J connectivity index is 2.52. The summed E-state index contributed by atoms with van der Waals surface area (Å²) in [5, 5.41) is 0. The number of hydrogen-bond donors (Lipinski definition) is 0. The molecule has 2 heterocycles. The molecule has 0 bridgehead atoms. The number of ketones is 1. The van der Waals surface area contributed by atoms with Gasteiger partial charge in [-0.3, -0.25) is 24.2 Å². The molecule has 11 nitrogen and oxygen atoms in total. The number of nitrogens with zero attached hydrogens (tertiary/aromatic N) is 2. The average molecular weight is 681 g/mol. The first-order valence-electron chi connectivity index (χ1n) is 16.2. The lowest BCUT2D eigenvalue weighted by Crippen LogP contribution is -2.68. The molecule has 0 N–H and O–H groups in total. The second-order valence-corrected chi connectivity index (χ2v) is 19.9. The van der Waals surface area contributed by atoms with E-state index in [2.05, 4.69) is 13.2 Å². The van der Waals surface area contributed by atoms with Crippen LogP contribution < -0.4 is 0 Å². The van der Waals surface area contributed by atoms with E-state index >= 15 is 0 Å². The molecule has 0 aliphatic carbocycles. The Morgan fingerprint density at radius 3 is 2.02 bits per heavy atom. The summed E-state index contributed by atoms with van der Waals surface area (Å²) >= 11 is 0. The molecule has 2 fully saturated rings. The number of ether oxygens (including phenoxy) is 2. The standard InChI is InChI=1S/C33H56N2O9Si2/c1-13-15-41-29(39)28(38)35-24(26(27(35)37)23(31(3,4)5)20-43-45(9)10)17-25(36)22-18-33(32(6,7)8,21-44-46(11)12)34(19-22)30(40)42-16-14-2/h13-14,22-24,26,45-46H,1-2,15-21H2,3-12H3/t22?,23-,24-,26+,33-/m1/s1. The predicted octanol–water partition coefficient (Wildman–Crippen LogP) is 4.12. The first-order valence-corrected chi connectivity index (χ1v) is 21.8. The highest BCUT2D eigenvalue weighted by Crippen LogP contribution is 2.49. The van der Waals surface area contributed by atoms with Crippen LogP contribution in [0.1, 0.15) is 54.4 Å². The molecular weight excluding hydrogens is 625 g/mol. The summed E-state index contributed by atoms with van der Waals surface area (Å²) in [6.07, 6.45) is 2.42. The second-order valence-electron chi connectivity index (χ2n) is 15.0. The SMILES string of the molecule is C=CCOC(=O)C(=O)N1C(=O)[C@@H]([C@@H](CO[SiH](C)C)C(C)(C)C)[C@H]1CC(=O)C1CN(C(=O)OCC=C)[C@](CO[SiH](C)C)(C(C)(C)C)C1. The Morgan fingerprint density at radius 2 is 1.52 bits per heavy atom. The summed E-state index contributed by atoms with van der Waals surface area (Å²) in [5.74, 6) is -4.65. The van der Waals surface area contributed by atoms with E-state index in [1.54, 1.807) is 4.90 Å². The first-order chi connectivity index (χ1) is 21.2. The molecule has 0 saturated carbocycles. The lowest BCUT2D eigenvalue weighted by atomic mass is 9.65. The van der Waals surface area contributed by atoms with Gasteiger partial charge in [-0.25, -0.2) is 9.59 Å². The van der Waals surface area contributed by atoms with Crippen molar-refractivity contribution in [3.05, 3.63) is 25.3 Å². The largest absolute Gasteiger partial charge is 0.454 e. The molecule has 1 unspecified atom stereocenters. The van der Waals surface area contributed by atoms with E-state index in [1.165, 1.54) is 12.2 Å². The van der Waals surface area contributed by atoms with Crippen molar-refractivity contribution < 1.29 is 42.3 Å². The number of Topliss-reactive ketones (excluding diaryl/α,β-unsaturated/α-hetero) is 1. The molecule has 46 heavy (non-hydrogen) atoms. The fourth-order valence-electron chi connectivity index (χ4n) is 6.35. The van der Waals surface area contributed by atoms with Gasteiger partial charge in [-0.15, -0.1) is 0 Å². The Labute approximate surface area is 278 Å². The van der Waals surface area contributed by atoms with Gasteiger partial charge in [0.1, 0.15) is 19.0 Å². The van der Waals surface area contributed by atoms with Crippen molar-refractivity contribution in [1.29, 1.82) is 0 Å². The van der Waals surface area contributed by atoms with Crippen LogP contribution in [0, 0.1) is 28.6 Å². The van der Waals surface area contributed by atoms with E-state index in [0.717, 1.165) is 4.90 Å². The molecule has 13 heteroatoms. The number of esters is 1. The van der Waals surface area contributed by atoms with Gasteiger partial charge in [0.25, 0.3) is 0 Å². The second kappa shape index (κ2) is 16.0. The van der Waals surface area contributed by atoms with Crippen molar-refractivity contribution in [3.63, 3.8) is 0 Å². The minimum Gasteiger partial charge on any atom is -0.454 e. The van der Waals surface area contributed by atoms with Gasteiger partial charge < -0.3 is 18.3 Å². The van der Waals surface area contributed by atoms with Crippen LogP contribution in [0.25, 0.3) is 0 Å². The Bertz CT molecular complexity index is 1160. The zero-order valence-electron chi connectivity index (χ0n) is 29.6. The molecular formula is C33H56N2O9Si2. The third-order valence-corrected chi connectivity index (χ3v) is 10.8. The van der Waals surface area contributed by atoms with Gasteiger partial charge in [-0.05, 0) is 49.4 Å². The van der Waals surface area contributed by atoms with Crippen LogP contribution in [0.5, 0.6) is 0 Å². The van der Waals surface area contributed by atoms with Crippen molar-refractivity contribution in [3.8, 4) is 0 Å². The maximum Gasteiger partial charge on any atom is 0.410 e. The molecule has 260 valence electrons. The summed E-state index contributed by atoms with van der Waals surface area (Å²) in [4.78, 5) is 69.7. The van der Waals surface area contributed by atoms with E-state index in [0.29, 0.717) is 13.0 Å². The molecule has 2 rings (SSSR count). The van der Waals surface area contributed by atoms with Gasteiger partial charge >= 0.3 is 18.0 Å². The number of imide groups is 1. The van der Waals surface area contributed by atoms with E-state index in [9.17, 15) is 24.0 Å². The maximum absolute atomic E-state index is 14.3. The quantitative estimate of drug-likeness (QED) is 0.0875. The number of β-lactam (4-membered cyclic amide) rings is 1. The minimum atomic E-state index is -1.50. The van der Waals surface area contributed by atoms with Crippen LogP contribution in [0.2, 0.25) is 26.2 Å². The van der Waals surface area contributed by atoms with Crippen LogP contribution in [-0.4, -0.2) is 102 Å². The topological polar surface area (TPSA) is 129 Å². The average Bonchev–Trinajstić information content (AvgIpc) is 3.36. The summed E-state index contributed by atoms with van der Waals surface area (Å²) < 4.78 is 22.7. The lowest BCUT2D eigenvalue weighted by molar-refractivity contribution is -0.181. The molecule has 0 aromatic heterocycles. The van der Waals surface area contributed by atoms with Crippen molar-refractivity contribution >= 4 is 47.7 Å². The Hall–Kier alpha value is -2.62. The number of hydrogen-bond acceptors (Lipinski definition) is 9. The molecule has 0 spiro atoms. The van der Waals surface area contributed by atoms with Crippen molar-refractivity contribution in [2.45, 2.75) is 92.2 Å². The zero-order valence-corrected chi connectivity index (χ0v) is 31.9. The van der Waals surface area contributed by atoms with Crippen molar-refractivity contribution in [2.24, 2.45) is 28.6 Å². The zero-order chi connectivity index (χ0) is 35.2. The molecule has 0 radical (unpaired) electrons. The molecule has 2 aliphatic heterocycles. The fraction of sp³-hybridized carbons (Fsp3) is 0.727. The fourth-order valence-corrected chi connectivity index (χ4v) is 7.55. The minimum absolute atomic E-state index is 0.0222. The molecule has 0 aromatic rings. The van der Waals surface area contributed by atoms with Gasteiger partial charge in [0, 0.05) is 25.5 Å². The monoisotopic (exact) mass is 680 g/mol. The van der Waals surface area contributed by atoms with Crippen LogP contribution >= 0.6 is 0 Å². The highest BCUT2D eigenvalue weighted by atomic mass is 28.3. The molecule has 0 aromatic carbocycles. The number of amides is 3.